The van der Waals surface area contributed by atoms with Crippen LogP contribution in [0, 0.1) is 0 Å². The van der Waals surface area contributed by atoms with Crippen molar-refractivity contribution in [1.29, 1.82) is 0 Å². The second-order valence-corrected chi connectivity index (χ2v) is 7.64. The van der Waals surface area contributed by atoms with Gasteiger partial charge in [-0.2, -0.15) is 25.8 Å². The third-order valence-corrected chi connectivity index (χ3v) is 5.08. The number of hydrogen-bond acceptors (Lipinski definition) is 8. The van der Waals surface area contributed by atoms with E-state index in [0.29, 0.717) is 30.0 Å². The number of ether oxygens (including phenoxy) is 1. The monoisotopic (exact) mass is 496 g/mol. The van der Waals surface area contributed by atoms with Gasteiger partial charge in [-0.15, -0.1) is 0 Å². The molecule has 9 nitrogen and oxygen atoms in total. The van der Waals surface area contributed by atoms with E-state index in [1.54, 1.807) is 0 Å². The highest BCUT2D eigenvalue weighted by Gasteiger charge is 2.33. The van der Waals surface area contributed by atoms with Gasteiger partial charge in [0.15, 0.2) is 0 Å². The quantitative estimate of drug-likeness (QED) is 0.229. The summed E-state index contributed by atoms with van der Waals surface area (Å²) in [7, 11) is 0. The Bertz CT molecular complexity index is 909. The first-order valence-corrected chi connectivity index (χ1v) is 10.4. The maximum absolute atomic E-state index is 13.0. The fourth-order valence-electron chi connectivity index (χ4n) is 2.24. The zero-order valence-corrected chi connectivity index (χ0v) is 18.4. The zero-order chi connectivity index (χ0) is 24.6. The number of halogens is 3. The van der Waals surface area contributed by atoms with E-state index in [0.717, 1.165) is 6.92 Å². The predicted octanol–water partition coefficient (Wildman–Crippen LogP) is 1.51. The minimum absolute atomic E-state index is 0.0487. The van der Waals surface area contributed by atoms with E-state index in [1.165, 1.54) is 6.92 Å². The molecular formula is C18H19F3N2O7S2. The van der Waals surface area contributed by atoms with E-state index in [4.69, 9.17) is 9.84 Å². The average molecular weight is 496 g/mol. The Balaban J connectivity index is 3.08. The van der Waals surface area contributed by atoms with Crippen LogP contribution < -0.4 is 15.4 Å². The molecular weight excluding hydrogens is 477 g/mol. The summed E-state index contributed by atoms with van der Waals surface area (Å²) in [6, 6.07) is -1.00. The van der Waals surface area contributed by atoms with Gasteiger partial charge in [0.25, 0.3) is 0 Å². The molecule has 32 heavy (non-hydrogen) atoms. The number of carboxylic acid groups (broad SMARTS) is 1. The highest BCUT2D eigenvalue weighted by Crippen LogP contribution is 2.33. The number of thioether (sulfide) groups is 1. The first-order valence-electron chi connectivity index (χ1n) is 8.74. The van der Waals surface area contributed by atoms with Crippen LogP contribution in [-0.2, 0) is 25.4 Å². The van der Waals surface area contributed by atoms with Crippen LogP contribution >= 0.6 is 24.4 Å². The normalized spacial score (nSPS) is 12.9. The van der Waals surface area contributed by atoms with Gasteiger partial charge < -0.3 is 20.5 Å². The van der Waals surface area contributed by atoms with E-state index in [9.17, 15) is 37.1 Å². The standard InChI is InChI=1S/C18H19F3N2O7S2/c1-8(24)22-12(6-31)17(29)32-7-13(23-9(2)25)16(28)30-14-5-10(18(19,20)21)3-4-11(14)15(26)27/h3-5,12-13,31H,6-7H2,1-2H3,(H,22,24)(H,23,25)(H,26,27). The molecule has 0 aromatic heterocycles. The molecule has 1 rings (SSSR count). The maximum Gasteiger partial charge on any atom is 0.416 e. The van der Waals surface area contributed by atoms with Crippen molar-refractivity contribution in [3.63, 3.8) is 0 Å². The number of rotatable bonds is 9. The summed E-state index contributed by atoms with van der Waals surface area (Å²) in [5.74, 6) is -5.47. The summed E-state index contributed by atoms with van der Waals surface area (Å²) in [5.41, 5.74) is -1.96. The molecule has 0 radical (unpaired) electrons. The predicted molar refractivity (Wildman–Crippen MR) is 111 cm³/mol. The van der Waals surface area contributed by atoms with Gasteiger partial charge in [-0.25, -0.2) is 9.59 Å². The first-order chi connectivity index (χ1) is 14.8. The van der Waals surface area contributed by atoms with E-state index in [-0.39, 0.29) is 5.75 Å². The van der Waals surface area contributed by atoms with Crippen molar-refractivity contribution in [2.75, 3.05) is 11.5 Å². The van der Waals surface area contributed by atoms with Gasteiger partial charge in [0, 0.05) is 25.4 Å². The molecule has 0 heterocycles. The minimum Gasteiger partial charge on any atom is -0.478 e. The fourth-order valence-corrected chi connectivity index (χ4v) is 3.52. The third kappa shape index (κ3) is 8.42. The Morgan fingerprint density at radius 2 is 1.66 bits per heavy atom. The van der Waals surface area contributed by atoms with Crippen LogP contribution in [-0.4, -0.2) is 57.6 Å². The van der Waals surface area contributed by atoms with E-state index in [2.05, 4.69) is 23.3 Å². The highest BCUT2D eigenvalue weighted by molar-refractivity contribution is 8.13. The van der Waals surface area contributed by atoms with Crippen molar-refractivity contribution in [3.05, 3.63) is 29.3 Å². The molecule has 0 aliphatic carbocycles. The number of esters is 1. The van der Waals surface area contributed by atoms with Gasteiger partial charge in [-0.3, -0.25) is 14.4 Å². The van der Waals surface area contributed by atoms with Crippen LogP contribution in [0.25, 0.3) is 0 Å². The molecule has 2 atom stereocenters. The lowest BCUT2D eigenvalue weighted by Crippen LogP contribution is -2.45. The number of carbonyl (C=O) groups excluding carboxylic acids is 4. The number of carbonyl (C=O) groups is 5. The second-order valence-electron chi connectivity index (χ2n) is 6.25. The minimum atomic E-state index is -4.83. The maximum atomic E-state index is 13.0. The third-order valence-electron chi connectivity index (χ3n) is 3.65. The number of benzene rings is 1. The molecule has 1 aromatic rings. The lowest BCUT2D eigenvalue weighted by molar-refractivity contribution is -0.140. The Morgan fingerprint density at radius 1 is 1.09 bits per heavy atom. The van der Waals surface area contributed by atoms with Crippen molar-refractivity contribution >= 4 is 53.3 Å². The molecule has 1 aromatic carbocycles. The summed E-state index contributed by atoms with van der Waals surface area (Å²) in [6.45, 7) is 2.23. The molecule has 0 saturated carbocycles. The lowest BCUT2D eigenvalue weighted by atomic mass is 10.1. The summed E-state index contributed by atoms with van der Waals surface area (Å²) in [6.07, 6.45) is -4.83. The summed E-state index contributed by atoms with van der Waals surface area (Å²) in [5, 5.41) is 13.1. The number of carboxylic acids is 1. The van der Waals surface area contributed by atoms with E-state index in [1.807, 2.05) is 0 Å². The molecule has 14 heteroatoms. The summed E-state index contributed by atoms with van der Waals surface area (Å²) >= 11 is 4.49. The van der Waals surface area contributed by atoms with Crippen LogP contribution in [0.1, 0.15) is 29.8 Å². The molecule has 0 spiro atoms. The van der Waals surface area contributed by atoms with E-state index < -0.39 is 69.8 Å². The first kappa shape index (κ1) is 27.3. The van der Waals surface area contributed by atoms with Crippen LogP contribution in [0.15, 0.2) is 18.2 Å². The van der Waals surface area contributed by atoms with Gasteiger partial charge in [0.05, 0.1) is 5.56 Å². The van der Waals surface area contributed by atoms with Crippen LogP contribution in [0.2, 0.25) is 0 Å². The Hall–Kier alpha value is -2.74. The van der Waals surface area contributed by atoms with Gasteiger partial charge in [0.2, 0.25) is 16.9 Å². The SMILES string of the molecule is CC(=O)NC(CSC(=O)C(CS)NC(C)=O)C(=O)Oc1cc(C(F)(F)F)ccc1C(=O)O. The van der Waals surface area contributed by atoms with Gasteiger partial charge in [0.1, 0.15) is 23.4 Å². The topological polar surface area (TPSA) is 139 Å². The average Bonchev–Trinajstić information content (AvgIpc) is 2.67. The second kappa shape index (κ2) is 11.8. The summed E-state index contributed by atoms with van der Waals surface area (Å²) in [4.78, 5) is 58.6. The molecule has 0 aliphatic rings. The molecule has 0 saturated heterocycles. The number of thiol groups is 1. The Morgan fingerprint density at radius 3 is 2.12 bits per heavy atom. The molecule has 3 N–H and O–H groups in total. The molecule has 0 bridgehead atoms. The number of amides is 2. The largest absolute Gasteiger partial charge is 0.478 e. The number of nitrogens with one attached hydrogen (secondary N) is 2. The highest BCUT2D eigenvalue weighted by atomic mass is 32.2. The van der Waals surface area contributed by atoms with Crippen molar-refractivity contribution in [2.45, 2.75) is 32.1 Å². The van der Waals surface area contributed by atoms with Crippen molar-refractivity contribution in [2.24, 2.45) is 0 Å². The summed E-state index contributed by atoms with van der Waals surface area (Å²) < 4.78 is 43.7. The Kier molecular flexibility index (Phi) is 10.0. The van der Waals surface area contributed by atoms with E-state index >= 15 is 0 Å². The van der Waals surface area contributed by atoms with Crippen LogP contribution in [0.3, 0.4) is 0 Å². The molecule has 0 fully saturated rings. The molecule has 2 amide bonds. The van der Waals surface area contributed by atoms with Crippen LogP contribution in [0.5, 0.6) is 5.75 Å². The number of alkyl halides is 3. The fraction of sp³-hybridized carbons (Fsp3) is 0.389. The van der Waals surface area contributed by atoms with Gasteiger partial charge >= 0.3 is 18.1 Å². The van der Waals surface area contributed by atoms with Crippen molar-refractivity contribution in [3.8, 4) is 5.75 Å². The Labute approximate surface area is 189 Å². The van der Waals surface area contributed by atoms with Gasteiger partial charge in [-0.05, 0) is 18.2 Å². The molecule has 0 aliphatic heterocycles. The van der Waals surface area contributed by atoms with Crippen LogP contribution in [0.4, 0.5) is 13.2 Å². The van der Waals surface area contributed by atoms with Crippen molar-refractivity contribution in [1.82, 2.24) is 10.6 Å². The molecule has 176 valence electrons. The zero-order valence-electron chi connectivity index (χ0n) is 16.7. The number of hydrogen-bond donors (Lipinski definition) is 4. The molecule has 2 unspecified atom stereocenters. The lowest BCUT2D eigenvalue weighted by Gasteiger charge is -2.19. The van der Waals surface area contributed by atoms with Gasteiger partial charge in [-0.1, -0.05) is 11.8 Å². The number of aromatic carboxylic acids is 1. The smallest absolute Gasteiger partial charge is 0.416 e. The van der Waals surface area contributed by atoms with Crippen molar-refractivity contribution < 1.29 is 47.0 Å².